The molecule has 0 aliphatic rings. The zero-order valence-electron chi connectivity index (χ0n) is 9.09. The van der Waals surface area contributed by atoms with Gasteiger partial charge >= 0.3 is 0 Å². The summed E-state index contributed by atoms with van der Waals surface area (Å²) in [4.78, 5) is 11.6. The first-order valence-electron chi connectivity index (χ1n) is 4.80. The molecule has 0 saturated heterocycles. The Labute approximate surface area is 114 Å². The Morgan fingerprint density at radius 1 is 1.62 bits per heavy atom. The number of nitrogens with one attached hydrogen (secondary N) is 1. The van der Waals surface area contributed by atoms with Gasteiger partial charge < -0.3 is 10.1 Å². The summed E-state index contributed by atoms with van der Waals surface area (Å²) in [5.41, 5.74) is 0.635. The standard InChI is InChI=1S/C11H13ClINO2/c1-7(16-2)5-11(15)14-10-4-3-8(13)6-9(10)12/h3-4,6-7H,5H2,1-2H3,(H,14,15). The number of amides is 1. The number of benzene rings is 1. The van der Waals surface area contributed by atoms with Crippen molar-refractivity contribution in [2.75, 3.05) is 12.4 Å². The molecule has 16 heavy (non-hydrogen) atoms. The minimum Gasteiger partial charge on any atom is -0.381 e. The van der Waals surface area contributed by atoms with Crippen molar-refractivity contribution in [2.45, 2.75) is 19.4 Å². The van der Waals surface area contributed by atoms with Crippen molar-refractivity contribution in [2.24, 2.45) is 0 Å². The van der Waals surface area contributed by atoms with Crippen molar-refractivity contribution in [3.8, 4) is 0 Å². The van der Waals surface area contributed by atoms with Crippen molar-refractivity contribution in [3.63, 3.8) is 0 Å². The van der Waals surface area contributed by atoms with Crippen LogP contribution >= 0.6 is 34.2 Å². The number of methoxy groups -OCH3 is 1. The zero-order chi connectivity index (χ0) is 12.1. The molecule has 1 atom stereocenters. The van der Waals surface area contributed by atoms with E-state index < -0.39 is 0 Å². The molecule has 0 bridgehead atoms. The van der Waals surface area contributed by atoms with Crippen LogP contribution in [0, 0.1) is 3.57 Å². The highest BCUT2D eigenvalue weighted by molar-refractivity contribution is 14.1. The van der Waals surface area contributed by atoms with Crippen molar-refractivity contribution in [3.05, 3.63) is 26.8 Å². The van der Waals surface area contributed by atoms with Gasteiger partial charge in [0.1, 0.15) is 0 Å². The Morgan fingerprint density at radius 3 is 2.88 bits per heavy atom. The van der Waals surface area contributed by atoms with Crippen LogP contribution in [0.2, 0.25) is 5.02 Å². The van der Waals surface area contributed by atoms with E-state index in [1.165, 1.54) is 0 Å². The van der Waals surface area contributed by atoms with E-state index in [-0.39, 0.29) is 12.0 Å². The molecule has 0 aromatic heterocycles. The van der Waals surface area contributed by atoms with Crippen LogP contribution in [0.25, 0.3) is 0 Å². The lowest BCUT2D eigenvalue weighted by molar-refractivity contribution is -0.118. The minimum atomic E-state index is -0.0996. The van der Waals surface area contributed by atoms with Crippen LogP contribution in [-0.2, 0) is 9.53 Å². The summed E-state index contributed by atoms with van der Waals surface area (Å²) in [5, 5.41) is 3.30. The molecule has 1 unspecified atom stereocenters. The van der Waals surface area contributed by atoms with E-state index >= 15 is 0 Å². The largest absolute Gasteiger partial charge is 0.381 e. The van der Waals surface area contributed by atoms with Crippen LogP contribution in [0.15, 0.2) is 18.2 Å². The van der Waals surface area contributed by atoms with Gasteiger partial charge in [0, 0.05) is 10.7 Å². The molecule has 0 radical (unpaired) electrons. The number of ether oxygens (including phenoxy) is 1. The topological polar surface area (TPSA) is 38.3 Å². The fraction of sp³-hybridized carbons (Fsp3) is 0.364. The second-order valence-corrected chi connectivity index (χ2v) is 5.08. The third-order valence-corrected chi connectivity index (χ3v) is 3.06. The van der Waals surface area contributed by atoms with Crippen molar-refractivity contribution >= 4 is 45.8 Å². The molecule has 1 aromatic carbocycles. The van der Waals surface area contributed by atoms with Crippen molar-refractivity contribution < 1.29 is 9.53 Å². The normalized spacial score (nSPS) is 12.2. The molecular weight excluding hydrogens is 340 g/mol. The smallest absolute Gasteiger partial charge is 0.227 e. The minimum absolute atomic E-state index is 0.0948. The summed E-state index contributed by atoms with van der Waals surface area (Å²) in [5.74, 6) is -0.0996. The predicted molar refractivity (Wildman–Crippen MR) is 73.9 cm³/mol. The van der Waals surface area contributed by atoms with Crippen LogP contribution in [-0.4, -0.2) is 19.1 Å². The van der Waals surface area contributed by atoms with E-state index in [9.17, 15) is 4.79 Å². The second kappa shape index (κ2) is 6.42. The second-order valence-electron chi connectivity index (χ2n) is 3.42. The lowest BCUT2D eigenvalue weighted by Gasteiger charge is -2.10. The molecule has 0 spiro atoms. The molecule has 88 valence electrons. The van der Waals surface area contributed by atoms with Gasteiger partial charge in [-0.1, -0.05) is 11.6 Å². The third kappa shape index (κ3) is 4.27. The lowest BCUT2D eigenvalue weighted by Crippen LogP contribution is -2.19. The summed E-state index contributed by atoms with van der Waals surface area (Å²) in [6.07, 6.45) is 0.223. The van der Waals surface area contributed by atoms with E-state index in [1.807, 2.05) is 13.0 Å². The molecule has 1 N–H and O–H groups in total. The molecule has 0 saturated carbocycles. The molecule has 1 aromatic rings. The summed E-state index contributed by atoms with van der Waals surface area (Å²) < 4.78 is 6.05. The average Bonchev–Trinajstić information content (AvgIpc) is 2.22. The number of halogens is 2. The predicted octanol–water partition coefficient (Wildman–Crippen LogP) is 3.31. The fourth-order valence-electron chi connectivity index (χ4n) is 1.14. The van der Waals surface area contributed by atoms with E-state index in [0.29, 0.717) is 17.1 Å². The average molecular weight is 354 g/mol. The van der Waals surface area contributed by atoms with Gasteiger partial charge in [-0.05, 0) is 47.7 Å². The highest BCUT2D eigenvalue weighted by Gasteiger charge is 2.10. The molecule has 0 aliphatic carbocycles. The van der Waals surface area contributed by atoms with Gasteiger partial charge in [0.15, 0.2) is 0 Å². The maximum Gasteiger partial charge on any atom is 0.227 e. The Morgan fingerprint density at radius 2 is 2.31 bits per heavy atom. The molecule has 3 nitrogen and oxygen atoms in total. The van der Waals surface area contributed by atoms with E-state index in [0.717, 1.165) is 3.57 Å². The number of rotatable bonds is 4. The Hall–Kier alpha value is -0.330. The van der Waals surface area contributed by atoms with Gasteiger partial charge in [0.05, 0.1) is 23.2 Å². The highest BCUT2D eigenvalue weighted by atomic mass is 127. The summed E-state index contributed by atoms with van der Waals surface area (Å²) in [6.45, 7) is 1.84. The molecule has 0 heterocycles. The maximum absolute atomic E-state index is 11.6. The van der Waals surface area contributed by atoms with E-state index in [1.54, 1.807) is 19.2 Å². The van der Waals surface area contributed by atoms with Crippen LogP contribution in [0.1, 0.15) is 13.3 Å². The summed E-state index contributed by atoms with van der Waals surface area (Å²) in [6, 6.07) is 5.48. The third-order valence-electron chi connectivity index (χ3n) is 2.08. The number of anilines is 1. The number of carbonyl (C=O) groups excluding carboxylic acids is 1. The molecule has 0 aliphatic heterocycles. The molecule has 1 amide bonds. The fourth-order valence-corrected chi connectivity index (χ4v) is 2.04. The maximum atomic E-state index is 11.6. The molecule has 0 fully saturated rings. The van der Waals surface area contributed by atoms with Gasteiger partial charge in [-0.2, -0.15) is 0 Å². The van der Waals surface area contributed by atoms with Crippen molar-refractivity contribution in [1.29, 1.82) is 0 Å². The monoisotopic (exact) mass is 353 g/mol. The first kappa shape index (κ1) is 13.7. The first-order chi connectivity index (χ1) is 7.52. The quantitative estimate of drug-likeness (QED) is 0.844. The number of carbonyl (C=O) groups is 1. The first-order valence-corrected chi connectivity index (χ1v) is 6.26. The van der Waals surface area contributed by atoms with Gasteiger partial charge in [-0.15, -0.1) is 0 Å². The van der Waals surface area contributed by atoms with Crippen LogP contribution < -0.4 is 5.32 Å². The van der Waals surface area contributed by atoms with Gasteiger partial charge in [0.2, 0.25) is 5.91 Å². The summed E-state index contributed by atoms with van der Waals surface area (Å²) >= 11 is 8.16. The molecule has 5 heteroatoms. The van der Waals surface area contributed by atoms with Gasteiger partial charge in [-0.3, -0.25) is 4.79 Å². The molecular formula is C11H13ClINO2. The SMILES string of the molecule is COC(C)CC(=O)Nc1ccc(I)cc1Cl. The Kier molecular flexibility index (Phi) is 5.51. The van der Waals surface area contributed by atoms with Crippen LogP contribution in [0.5, 0.6) is 0 Å². The van der Waals surface area contributed by atoms with Gasteiger partial charge in [0.25, 0.3) is 0 Å². The molecule has 1 rings (SSSR count). The lowest BCUT2D eigenvalue weighted by atomic mass is 10.2. The summed E-state index contributed by atoms with van der Waals surface area (Å²) in [7, 11) is 1.58. The number of hydrogen-bond acceptors (Lipinski definition) is 2. The Bertz CT molecular complexity index is 384. The number of hydrogen-bond donors (Lipinski definition) is 1. The zero-order valence-corrected chi connectivity index (χ0v) is 12.0. The highest BCUT2D eigenvalue weighted by Crippen LogP contribution is 2.24. The van der Waals surface area contributed by atoms with Crippen LogP contribution in [0.4, 0.5) is 5.69 Å². The van der Waals surface area contributed by atoms with Crippen molar-refractivity contribution in [1.82, 2.24) is 0 Å². The van der Waals surface area contributed by atoms with Gasteiger partial charge in [-0.25, -0.2) is 0 Å². The van der Waals surface area contributed by atoms with E-state index in [2.05, 4.69) is 27.9 Å². The Balaban J connectivity index is 2.63. The van der Waals surface area contributed by atoms with E-state index in [4.69, 9.17) is 16.3 Å². The van der Waals surface area contributed by atoms with Crippen LogP contribution in [0.3, 0.4) is 0 Å².